The summed E-state index contributed by atoms with van der Waals surface area (Å²) in [5.74, 6) is 2.35. The van der Waals surface area contributed by atoms with Crippen LogP contribution in [0.4, 0.5) is 0 Å². The maximum Gasteiger partial charge on any atom is 0.258 e. The summed E-state index contributed by atoms with van der Waals surface area (Å²) >= 11 is 3.90. The van der Waals surface area contributed by atoms with Gasteiger partial charge in [0, 0.05) is 34.6 Å². The van der Waals surface area contributed by atoms with E-state index >= 15 is 0 Å². The van der Waals surface area contributed by atoms with E-state index in [1.54, 1.807) is 6.20 Å². The summed E-state index contributed by atoms with van der Waals surface area (Å²) in [5.41, 5.74) is 7.30. The van der Waals surface area contributed by atoms with E-state index in [1.807, 2.05) is 35.7 Å². The first kappa shape index (κ1) is 14.9. The van der Waals surface area contributed by atoms with Gasteiger partial charge in [-0.15, -0.1) is 11.8 Å². The molecule has 3 atom stereocenters. The Morgan fingerprint density at radius 1 is 1.38 bits per heavy atom. The van der Waals surface area contributed by atoms with Crippen molar-refractivity contribution in [2.75, 3.05) is 5.75 Å². The Hall–Kier alpha value is -1.05. The Kier molecular flexibility index (Phi) is 4.51. The lowest BCUT2D eigenvalue weighted by Gasteiger charge is -2.29. The second-order valence-corrected chi connectivity index (χ2v) is 8.06. The molecule has 1 saturated heterocycles. The second-order valence-electron chi connectivity index (χ2n) is 5.07. The molecule has 21 heavy (non-hydrogen) atoms. The predicted molar refractivity (Wildman–Crippen MR) is 87.1 cm³/mol. The highest BCUT2D eigenvalue weighted by atomic mass is 32.2. The molecule has 0 radical (unpaired) electrons. The van der Waals surface area contributed by atoms with Gasteiger partial charge < -0.3 is 10.3 Å². The Morgan fingerprint density at radius 2 is 2.24 bits per heavy atom. The van der Waals surface area contributed by atoms with Gasteiger partial charge in [-0.1, -0.05) is 19.0 Å². The number of rotatable bonds is 3. The molecular formula is C14H18N4OS2. The average Bonchev–Trinajstić information content (AvgIpc) is 3.00. The fraction of sp³-hybridized carbons (Fsp3) is 0.500. The van der Waals surface area contributed by atoms with Crippen molar-refractivity contribution in [2.24, 2.45) is 5.73 Å². The molecule has 0 saturated carbocycles. The monoisotopic (exact) mass is 322 g/mol. The number of thioether (sulfide) groups is 2. The van der Waals surface area contributed by atoms with Crippen LogP contribution in [0.1, 0.15) is 30.6 Å². The Bertz CT molecular complexity index is 619. The van der Waals surface area contributed by atoms with Crippen LogP contribution >= 0.6 is 23.5 Å². The van der Waals surface area contributed by atoms with Crippen LogP contribution in [-0.4, -0.2) is 31.4 Å². The van der Waals surface area contributed by atoms with Crippen molar-refractivity contribution in [1.29, 1.82) is 0 Å². The molecule has 3 unspecified atom stereocenters. The summed E-state index contributed by atoms with van der Waals surface area (Å²) in [6, 6.07) is 3.76. The molecule has 0 aromatic carbocycles. The molecule has 5 nitrogen and oxygen atoms in total. The normalized spacial score (nSPS) is 26.0. The number of nitrogens with zero attached hydrogens (tertiary/aromatic N) is 3. The summed E-state index contributed by atoms with van der Waals surface area (Å²) in [7, 11) is 0. The maximum atomic E-state index is 5.61. The van der Waals surface area contributed by atoms with E-state index in [0.717, 1.165) is 22.8 Å². The molecule has 0 spiro atoms. The molecule has 0 amide bonds. The first-order valence-electron chi connectivity index (χ1n) is 6.93. The Labute approximate surface area is 132 Å². The largest absolute Gasteiger partial charge is 0.334 e. The van der Waals surface area contributed by atoms with Crippen molar-refractivity contribution >= 4 is 23.5 Å². The Balaban J connectivity index is 1.80. The highest BCUT2D eigenvalue weighted by Gasteiger charge is 2.30. The summed E-state index contributed by atoms with van der Waals surface area (Å²) in [4.78, 5) is 8.73. The number of pyridine rings is 1. The van der Waals surface area contributed by atoms with Crippen molar-refractivity contribution in [3.63, 3.8) is 0 Å². The summed E-state index contributed by atoms with van der Waals surface area (Å²) in [6.07, 6.45) is 1.72. The molecular weight excluding hydrogens is 304 g/mol. The number of aromatic nitrogens is 3. The Morgan fingerprint density at radius 3 is 3.00 bits per heavy atom. The molecule has 3 rings (SSSR count). The van der Waals surface area contributed by atoms with Crippen molar-refractivity contribution in [2.45, 2.75) is 36.1 Å². The number of hydrogen-bond acceptors (Lipinski definition) is 7. The van der Waals surface area contributed by atoms with E-state index in [1.165, 1.54) is 0 Å². The van der Waals surface area contributed by atoms with Crippen LogP contribution in [0.3, 0.4) is 0 Å². The average molecular weight is 322 g/mol. The molecule has 2 aromatic heterocycles. The molecule has 1 aliphatic heterocycles. The van der Waals surface area contributed by atoms with Crippen LogP contribution < -0.4 is 5.73 Å². The fourth-order valence-corrected chi connectivity index (χ4v) is 4.96. The standard InChI is InChI=1S/C14H18N4OS2/c1-8-9(2)21-12(7-20-8)13-17-14(19-18-13)10-3-4-16-11(5-10)6-15/h3-5,8-9,12H,6-7,15H2,1-2H3. The SMILES string of the molecule is CC1SCC(c2noc(-c3ccnc(CN)c3)n2)SC1C. The number of hydrogen-bond donors (Lipinski definition) is 1. The van der Waals surface area contributed by atoms with Crippen molar-refractivity contribution < 1.29 is 4.52 Å². The van der Waals surface area contributed by atoms with Crippen LogP contribution in [0.15, 0.2) is 22.9 Å². The zero-order valence-corrected chi connectivity index (χ0v) is 13.7. The van der Waals surface area contributed by atoms with E-state index in [9.17, 15) is 0 Å². The second kappa shape index (κ2) is 6.37. The van der Waals surface area contributed by atoms with Gasteiger partial charge in [0.15, 0.2) is 5.82 Å². The zero-order chi connectivity index (χ0) is 14.8. The topological polar surface area (TPSA) is 77.8 Å². The van der Waals surface area contributed by atoms with Crippen molar-refractivity contribution in [3.8, 4) is 11.5 Å². The van der Waals surface area contributed by atoms with Crippen LogP contribution in [0.2, 0.25) is 0 Å². The van der Waals surface area contributed by atoms with Crippen LogP contribution in [0.25, 0.3) is 11.5 Å². The molecule has 1 fully saturated rings. The van der Waals surface area contributed by atoms with Crippen molar-refractivity contribution in [1.82, 2.24) is 15.1 Å². The fourth-order valence-electron chi connectivity index (χ4n) is 2.12. The van der Waals surface area contributed by atoms with Crippen molar-refractivity contribution in [3.05, 3.63) is 29.8 Å². The van der Waals surface area contributed by atoms with E-state index in [-0.39, 0.29) is 0 Å². The summed E-state index contributed by atoms with van der Waals surface area (Å²) in [5, 5.41) is 5.73. The lowest BCUT2D eigenvalue weighted by Crippen LogP contribution is -2.22. The summed E-state index contributed by atoms with van der Waals surface area (Å²) in [6.45, 7) is 4.93. The first-order chi connectivity index (χ1) is 10.2. The van der Waals surface area contributed by atoms with Gasteiger partial charge in [-0.3, -0.25) is 4.98 Å². The zero-order valence-electron chi connectivity index (χ0n) is 12.0. The van der Waals surface area contributed by atoms with Gasteiger partial charge in [-0.05, 0) is 12.1 Å². The molecule has 112 valence electrons. The van der Waals surface area contributed by atoms with Gasteiger partial charge in [0.05, 0.1) is 10.9 Å². The molecule has 0 bridgehead atoms. The molecule has 2 aromatic rings. The van der Waals surface area contributed by atoms with Crippen LogP contribution in [-0.2, 0) is 6.54 Å². The van der Waals surface area contributed by atoms with Crippen LogP contribution in [0.5, 0.6) is 0 Å². The summed E-state index contributed by atoms with van der Waals surface area (Å²) < 4.78 is 5.41. The van der Waals surface area contributed by atoms with Crippen LogP contribution in [0, 0.1) is 0 Å². The minimum atomic E-state index is 0.300. The van der Waals surface area contributed by atoms with Gasteiger partial charge in [0.25, 0.3) is 5.89 Å². The molecule has 7 heteroatoms. The maximum absolute atomic E-state index is 5.61. The van der Waals surface area contributed by atoms with Gasteiger partial charge in [-0.2, -0.15) is 16.7 Å². The molecule has 3 heterocycles. The third kappa shape index (κ3) is 3.25. The lowest BCUT2D eigenvalue weighted by molar-refractivity contribution is 0.423. The van der Waals surface area contributed by atoms with Gasteiger partial charge >= 0.3 is 0 Å². The van der Waals surface area contributed by atoms with Gasteiger partial charge in [0.2, 0.25) is 0 Å². The highest BCUT2D eigenvalue weighted by Crippen LogP contribution is 2.43. The number of nitrogens with two attached hydrogens (primary N) is 1. The highest BCUT2D eigenvalue weighted by molar-refractivity contribution is 8.07. The smallest absolute Gasteiger partial charge is 0.258 e. The molecule has 0 aliphatic carbocycles. The predicted octanol–water partition coefficient (Wildman–Crippen LogP) is 2.89. The third-order valence-corrected chi connectivity index (χ3v) is 6.94. The van der Waals surface area contributed by atoms with Gasteiger partial charge in [-0.25, -0.2) is 0 Å². The van der Waals surface area contributed by atoms with E-state index in [2.05, 4.69) is 29.0 Å². The van der Waals surface area contributed by atoms with E-state index in [4.69, 9.17) is 10.3 Å². The minimum absolute atomic E-state index is 0.300. The van der Waals surface area contributed by atoms with E-state index in [0.29, 0.717) is 28.2 Å². The molecule has 2 N–H and O–H groups in total. The molecule has 1 aliphatic rings. The minimum Gasteiger partial charge on any atom is -0.334 e. The van der Waals surface area contributed by atoms with Gasteiger partial charge in [0.1, 0.15) is 0 Å². The van der Waals surface area contributed by atoms with E-state index < -0.39 is 0 Å². The lowest BCUT2D eigenvalue weighted by atomic mass is 10.2. The quantitative estimate of drug-likeness (QED) is 0.931. The first-order valence-corrected chi connectivity index (χ1v) is 8.92. The third-order valence-electron chi connectivity index (χ3n) is 3.55.